The monoisotopic (exact) mass is 1110 g/mol. The molecule has 0 spiro atoms. The minimum absolute atomic E-state index is 0. The zero-order valence-corrected chi connectivity index (χ0v) is 36.5. The summed E-state index contributed by atoms with van der Waals surface area (Å²) in [6.45, 7) is 10.3. The van der Waals surface area contributed by atoms with E-state index in [0.29, 0.717) is 0 Å². The van der Waals surface area contributed by atoms with E-state index in [4.69, 9.17) is 0 Å². The number of aromatic nitrogens is 6. The first kappa shape index (κ1) is 42.9. The first-order chi connectivity index (χ1) is 26.6. The Morgan fingerprint density at radius 1 is 0.554 bits per heavy atom. The Hall–Kier alpha value is -4.26. The molecule has 4 aromatic heterocycles. The predicted octanol–water partition coefficient (Wildman–Crippen LogP) is 8.84. The summed E-state index contributed by atoms with van der Waals surface area (Å²) in [5.74, 6) is 1.95. The van der Waals surface area contributed by atoms with Gasteiger partial charge in [0.15, 0.2) is 0 Å². The van der Waals surface area contributed by atoms with Crippen LogP contribution in [0, 0.1) is 39.3 Å². The number of aryl methyl sites for hydroxylation is 4. The van der Waals surface area contributed by atoms with Gasteiger partial charge in [0, 0.05) is 77.3 Å². The van der Waals surface area contributed by atoms with E-state index < -0.39 is 0 Å². The van der Waals surface area contributed by atoms with Gasteiger partial charge in [0.25, 0.3) is 0 Å². The van der Waals surface area contributed by atoms with Crippen LogP contribution < -0.4 is 29.8 Å². The molecule has 0 radical (unpaired) electrons. The first-order valence-corrected chi connectivity index (χ1v) is 19.2. The number of pyridine rings is 2. The molecule has 2 aromatic carbocycles. The summed E-state index contributed by atoms with van der Waals surface area (Å²) in [6, 6.07) is 35.1. The molecule has 0 aliphatic carbocycles. The summed E-state index contributed by atoms with van der Waals surface area (Å²) in [7, 11) is 0. The molecule has 0 atom stereocenters. The van der Waals surface area contributed by atoms with Crippen molar-refractivity contribution in [3.05, 3.63) is 146 Å². The first-order valence-electron chi connectivity index (χ1n) is 19.2. The van der Waals surface area contributed by atoms with E-state index in [9.17, 15) is 0 Å². The molecule has 300 valence electrons. The van der Waals surface area contributed by atoms with Crippen LogP contribution in [-0.4, -0.2) is 33.3 Å². The maximum Gasteiger partial charge on any atom is 0.124 e. The number of benzene rings is 2. The minimum Gasteiger partial charge on any atom is -0.579 e. The molecule has 0 saturated carbocycles. The molecular formula is C44H48N10Pt2-6. The number of para-hydroxylation sites is 2. The number of nitrogens with zero attached hydrogens (tertiary/aromatic N) is 10. The quantitative estimate of drug-likeness (QED) is 0.0692. The molecule has 2 aliphatic rings. The molecular weight excluding hydrogens is 1060 g/mol. The Bertz CT molecular complexity index is 1870. The smallest absolute Gasteiger partial charge is 0.124 e. The fraction of sp³-hybridized carbons (Fsp3) is 0.318. The Balaban J connectivity index is 0.000000207. The van der Waals surface area contributed by atoms with Gasteiger partial charge in [-0.05, 0) is 75.9 Å². The number of unbranched alkanes of at least 4 members (excludes halogenated alkanes) is 6. The van der Waals surface area contributed by atoms with Gasteiger partial charge >= 0.3 is 0 Å². The van der Waals surface area contributed by atoms with Gasteiger partial charge in [-0.25, -0.2) is 9.97 Å². The average molecular weight is 1110 g/mol. The zero-order valence-electron chi connectivity index (χ0n) is 32.0. The van der Waals surface area contributed by atoms with Crippen LogP contribution in [0.4, 0.5) is 34.4 Å². The van der Waals surface area contributed by atoms with Gasteiger partial charge in [-0.2, -0.15) is 74.0 Å². The predicted molar refractivity (Wildman–Crippen MR) is 216 cm³/mol. The van der Waals surface area contributed by atoms with E-state index >= 15 is 0 Å². The van der Waals surface area contributed by atoms with Crippen LogP contribution in [0.25, 0.3) is 0 Å². The summed E-state index contributed by atoms with van der Waals surface area (Å²) >= 11 is 0. The van der Waals surface area contributed by atoms with E-state index in [2.05, 4.69) is 112 Å². The Morgan fingerprint density at radius 3 is 1.39 bits per heavy atom. The fourth-order valence-corrected chi connectivity index (χ4v) is 6.90. The van der Waals surface area contributed by atoms with Crippen molar-refractivity contribution in [1.82, 2.24) is 30.4 Å². The van der Waals surface area contributed by atoms with Gasteiger partial charge in [0.2, 0.25) is 0 Å². The number of rotatable bonds is 16. The molecule has 0 bridgehead atoms. The van der Waals surface area contributed by atoms with Crippen molar-refractivity contribution >= 4 is 34.4 Å². The van der Waals surface area contributed by atoms with Crippen molar-refractivity contribution in [1.29, 1.82) is 0 Å². The molecule has 2 aliphatic heterocycles. The van der Waals surface area contributed by atoms with Gasteiger partial charge < -0.3 is 40.0 Å². The Morgan fingerprint density at radius 2 is 1.00 bits per heavy atom. The Labute approximate surface area is 361 Å². The molecule has 8 rings (SSSR count). The minimum atomic E-state index is 0. The summed E-state index contributed by atoms with van der Waals surface area (Å²) < 4.78 is 0. The topological polar surface area (TPSA) is 92.7 Å². The molecule has 56 heavy (non-hydrogen) atoms. The van der Waals surface area contributed by atoms with E-state index in [1.807, 2.05) is 74.8 Å². The van der Waals surface area contributed by atoms with E-state index in [1.54, 1.807) is 0 Å². The van der Waals surface area contributed by atoms with Gasteiger partial charge in [0.05, 0.1) is 0 Å². The molecule has 12 heteroatoms. The number of fused-ring (bicyclic) bond motifs is 2. The number of hydrogen-bond donors (Lipinski definition) is 0. The standard InChI is InChI=1S/2C22H24N5.2Pt/c2*1-18-16-19(25-24-18)10-5-2-3-8-15-26-17-27(20-11-6-4-7-12-20)22-21(26)13-9-14-23-22;;/h2*4,6-7,9,11,13-14,16-17H,2-3,5,8,10,15H2,1H3;;/q2*-3;;. The molecule has 0 amide bonds. The number of anilines is 6. The van der Waals surface area contributed by atoms with Crippen molar-refractivity contribution in [3.63, 3.8) is 0 Å². The van der Waals surface area contributed by atoms with Crippen molar-refractivity contribution in [3.8, 4) is 0 Å². The summed E-state index contributed by atoms with van der Waals surface area (Å²) in [4.78, 5) is 18.0. The largest absolute Gasteiger partial charge is 0.579 e. The van der Waals surface area contributed by atoms with Crippen molar-refractivity contribution < 1.29 is 42.1 Å². The van der Waals surface area contributed by atoms with Crippen LogP contribution in [0.1, 0.15) is 74.1 Å². The van der Waals surface area contributed by atoms with Crippen LogP contribution >= 0.6 is 0 Å². The van der Waals surface area contributed by atoms with Gasteiger partial charge in [-0.1, -0.05) is 51.7 Å². The van der Waals surface area contributed by atoms with Crippen LogP contribution in [0.2, 0.25) is 0 Å². The molecule has 6 heterocycles. The summed E-state index contributed by atoms with van der Waals surface area (Å²) in [6.07, 6.45) is 15.3. The molecule has 10 nitrogen and oxygen atoms in total. The summed E-state index contributed by atoms with van der Waals surface area (Å²) in [5, 5.41) is 16.5. The maximum atomic E-state index is 4.58. The van der Waals surface area contributed by atoms with E-state index in [1.165, 1.54) is 38.5 Å². The van der Waals surface area contributed by atoms with Crippen LogP contribution in [0.15, 0.2) is 97.3 Å². The SMILES string of the molecule is Cc1cc(CCCCCCN2[CH-]N(c3[c-]cccc3)c3ncccc32)n[n-]1.Cc1cc(CCCCCCN2[CH-]N(c3[c-]cccc3)c3ncccc32)n[n-]1.[Pt].[Pt]. The average Bonchev–Trinajstić information content (AvgIpc) is 4.01. The molecule has 6 aromatic rings. The van der Waals surface area contributed by atoms with Crippen molar-refractivity contribution in [2.24, 2.45) is 0 Å². The van der Waals surface area contributed by atoms with Crippen molar-refractivity contribution in [2.75, 3.05) is 32.7 Å². The molecule has 0 N–H and O–H groups in total. The van der Waals surface area contributed by atoms with Gasteiger partial charge in [-0.15, -0.1) is 22.8 Å². The second kappa shape index (κ2) is 21.9. The van der Waals surface area contributed by atoms with E-state index in [-0.39, 0.29) is 42.1 Å². The second-order valence-corrected chi connectivity index (χ2v) is 13.8. The van der Waals surface area contributed by atoms with Gasteiger partial charge in [0.1, 0.15) is 11.6 Å². The normalized spacial score (nSPS) is 12.8. The summed E-state index contributed by atoms with van der Waals surface area (Å²) in [5.41, 5.74) is 8.64. The third-order valence-electron chi connectivity index (χ3n) is 9.61. The molecule has 0 saturated heterocycles. The van der Waals surface area contributed by atoms with Gasteiger partial charge in [-0.3, -0.25) is 0 Å². The van der Waals surface area contributed by atoms with Crippen molar-refractivity contribution in [2.45, 2.75) is 78.1 Å². The zero-order chi connectivity index (χ0) is 37.0. The van der Waals surface area contributed by atoms with E-state index in [0.717, 1.165) is 95.9 Å². The third kappa shape index (κ3) is 11.4. The molecule has 0 unspecified atom stereocenters. The second-order valence-electron chi connectivity index (χ2n) is 13.8. The third-order valence-corrected chi connectivity index (χ3v) is 9.61. The maximum absolute atomic E-state index is 4.58. The van der Waals surface area contributed by atoms with Crippen LogP contribution in [-0.2, 0) is 55.0 Å². The van der Waals surface area contributed by atoms with Crippen LogP contribution in [0.5, 0.6) is 0 Å². The Kier molecular flexibility index (Phi) is 16.8. The molecule has 0 fully saturated rings. The number of hydrogen-bond acceptors (Lipinski definition) is 8. The van der Waals surface area contributed by atoms with Crippen LogP contribution in [0.3, 0.4) is 0 Å². The fourth-order valence-electron chi connectivity index (χ4n) is 6.90.